The van der Waals surface area contributed by atoms with E-state index >= 15 is 0 Å². The van der Waals surface area contributed by atoms with Gasteiger partial charge in [0.05, 0.1) is 0 Å². The molecular weight excluding hydrogens is 224 g/mol. The van der Waals surface area contributed by atoms with Crippen LogP contribution >= 0.6 is 0 Å². The number of ether oxygens (including phenoxy) is 1. The van der Waals surface area contributed by atoms with Crippen LogP contribution in [-0.2, 0) is 14.3 Å². The summed E-state index contributed by atoms with van der Waals surface area (Å²) in [5, 5.41) is 15.9. The van der Waals surface area contributed by atoms with Gasteiger partial charge in [-0.15, -0.1) is 0 Å². The second-order valence-electron chi connectivity index (χ2n) is 5.05. The van der Waals surface area contributed by atoms with Gasteiger partial charge in [0, 0.05) is 6.92 Å². The lowest BCUT2D eigenvalue weighted by atomic mass is 9.76. The van der Waals surface area contributed by atoms with E-state index in [-0.39, 0.29) is 11.5 Å². The number of carbonyl (C=O) groups is 2. The van der Waals surface area contributed by atoms with Crippen molar-refractivity contribution in [2.45, 2.75) is 52.6 Å². The minimum absolute atomic E-state index is 0.0170. The molecule has 0 bridgehead atoms. The molecule has 0 spiro atoms. The molecule has 0 aromatic rings. The zero-order valence-corrected chi connectivity index (χ0v) is 10.7. The number of aliphatic hydroxyl groups excluding tert-OH is 1. The Morgan fingerprint density at radius 1 is 1.41 bits per heavy atom. The Hall–Kier alpha value is -1.10. The molecule has 5 heteroatoms. The van der Waals surface area contributed by atoms with Gasteiger partial charge in [-0.25, -0.2) is 4.79 Å². The minimum atomic E-state index is -0.833. The van der Waals surface area contributed by atoms with Gasteiger partial charge in [-0.05, 0) is 31.1 Å². The van der Waals surface area contributed by atoms with Crippen molar-refractivity contribution in [2.24, 2.45) is 5.41 Å². The lowest BCUT2D eigenvalue weighted by Gasteiger charge is -2.34. The summed E-state index contributed by atoms with van der Waals surface area (Å²) in [6, 6.07) is 0. The Balaban J connectivity index is 0.000000557. The Bertz CT molecular complexity index is 256. The monoisotopic (exact) mass is 246 g/mol. The molecule has 1 rings (SSSR count). The number of hydrogen-bond acceptors (Lipinski definition) is 4. The summed E-state index contributed by atoms with van der Waals surface area (Å²) in [6.45, 7) is 4.95. The smallest absolute Gasteiger partial charge is 0.332 e. The molecular formula is C12H22O5. The highest BCUT2D eigenvalue weighted by molar-refractivity contribution is 5.70. The first-order valence-electron chi connectivity index (χ1n) is 5.77. The molecule has 0 heterocycles. The first kappa shape index (κ1) is 15.9. The molecule has 1 unspecified atom stereocenters. The van der Waals surface area contributed by atoms with E-state index in [0.717, 1.165) is 26.2 Å². The van der Waals surface area contributed by atoms with Crippen molar-refractivity contribution in [1.82, 2.24) is 0 Å². The molecule has 17 heavy (non-hydrogen) atoms. The first-order valence-corrected chi connectivity index (χ1v) is 5.77. The molecule has 100 valence electrons. The maximum Gasteiger partial charge on any atom is 0.332 e. The van der Waals surface area contributed by atoms with Crippen LogP contribution in [0.3, 0.4) is 0 Å². The highest BCUT2D eigenvalue weighted by Gasteiger charge is 2.29. The van der Waals surface area contributed by atoms with E-state index in [0.29, 0.717) is 0 Å². The third-order valence-corrected chi connectivity index (χ3v) is 2.59. The highest BCUT2D eigenvalue weighted by Crippen LogP contribution is 2.36. The van der Waals surface area contributed by atoms with Gasteiger partial charge in [0.1, 0.15) is 12.7 Å². The highest BCUT2D eigenvalue weighted by atomic mass is 16.6. The Labute approximate surface area is 102 Å². The molecule has 0 radical (unpaired) electrons. The molecule has 1 fully saturated rings. The van der Waals surface area contributed by atoms with Crippen molar-refractivity contribution in [3.05, 3.63) is 0 Å². The molecule has 0 aromatic heterocycles. The maximum atomic E-state index is 10.8. The fourth-order valence-electron chi connectivity index (χ4n) is 1.95. The Morgan fingerprint density at radius 2 is 1.94 bits per heavy atom. The predicted octanol–water partition coefficient (Wildman–Crippen LogP) is 1.58. The average Bonchev–Trinajstić information content (AvgIpc) is 2.15. The summed E-state index contributed by atoms with van der Waals surface area (Å²) in [6.07, 6.45) is 4.17. The molecule has 0 amide bonds. The van der Waals surface area contributed by atoms with Gasteiger partial charge in [0.2, 0.25) is 0 Å². The van der Waals surface area contributed by atoms with Gasteiger partial charge >= 0.3 is 5.97 Å². The molecule has 0 aromatic carbocycles. The first-order chi connectivity index (χ1) is 7.76. The van der Waals surface area contributed by atoms with Gasteiger partial charge in [-0.3, -0.25) is 4.79 Å². The Morgan fingerprint density at radius 3 is 2.35 bits per heavy atom. The molecule has 1 aliphatic rings. The molecule has 0 aliphatic heterocycles. The fourth-order valence-corrected chi connectivity index (χ4v) is 1.95. The van der Waals surface area contributed by atoms with Crippen molar-refractivity contribution in [3.63, 3.8) is 0 Å². The summed E-state index contributed by atoms with van der Waals surface area (Å²) in [5.74, 6) is -1.33. The largest absolute Gasteiger partial charge is 0.481 e. The number of carboxylic acid groups (broad SMARTS) is 1. The summed E-state index contributed by atoms with van der Waals surface area (Å²) >= 11 is 0. The fraction of sp³-hybridized carbons (Fsp3) is 0.833. The number of hydrogen-bond donors (Lipinski definition) is 2. The summed E-state index contributed by atoms with van der Waals surface area (Å²) in [4.78, 5) is 19.8. The Kier molecular flexibility index (Phi) is 6.80. The topological polar surface area (TPSA) is 83.8 Å². The molecule has 5 nitrogen and oxygen atoms in total. The lowest BCUT2D eigenvalue weighted by molar-refractivity contribution is -0.155. The third-order valence-electron chi connectivity index (χ3n) is 2.59. The van der Waals surface area contributed by atoms with E-state index < -0.39 is 18.5 Å². The summed E-state index contributed by atoms with van der Waals surface area (Å²) < 4.78 is 5.09. The van der Waals surface area contributed by atoms with E-state index in [4.69, 9.17) is 19.7 Å². The van der Waals surface area contributed by atoms with Crippen molar-refractivity contribution >= 4 is 11.9 Å². The minimum Gasteiger partial charge on any atom is -0.481 e. The third kappa shape index (κ3) is 8.68. The number of carboxylic acids is 1. The van der Waals surface area contributed by atoms with Crippen LogP contribution in [0.15, 0.2) is 0 Å². The number of rotatable bonds is 2. The van der Waals surface area contributed by atoms with Gasteiger partial charge in [0.25, 0.3) is 5.97 Å². The van der Waals surface area contributed by atoms with Crippen LogP contribution in [0.4, 0.5) is 0 Å². The van der Waals surface area contributed by atoms with E-state index in [1.54, 1.807) is 0 Å². The van der Waals surface area contributed by atoms with Crippen molar-refractivity contribution in [1.29, 1.82) is 0 Å². The van der Waals surface area contributed by atoms with E-state index in [1.807, 2.05) is 0 Å². The molecule has 2 N–H and O–H groups in total. The molecule has 1 saturated carbocycles. The zero-order valence-electron chi connectivity index (χ0n) is 10.7. The van der Waals surface area contributed by atoms with E-state index in [9.17, 15) is 4.79 Å². The number of aliphatic carboxylic acids is 1. The van der Waals surface area contributed by atoms with Crippen LogP contribution < -0.4 is 0 Å². The van der Waals surface area contributed by atoms with Crippen molar-refractivity contribution in [3.8, 4) is 0 Å². The number of aliphatic hydroxyl groups is 1. The van der Waals surface area contributed by atoms with Gasteiger partial charge < -0.3 is 14.9 Å². The lowest BCUT2D eigenvalue weighted by Crippen LogP contribution is -2.30. The van der Waals surface area contributed by atoms with Crippen LogP contribution in [-0.4, -0.2) is 34.9 Å². The second kappa shape index (κ2) is 7.27. The van der Waals surface area contributed by atoms with Crippen molar-refractivity contribution < 1.29 is 24.5 Å². The van der Waals surface area contributed by atoms with Crippen LogP contribution in [0.25, 0.3) is 0 Å². The van der Waals surface area contributed by atoms with E-state index in [1.165, 1.54) is 6.42 Å². The quantitative estimate of drug-likeness (QED) is 0.723. The van der Waals surface area contributed by atoms with Gasteiger partial charge in [0.15, 0.2) is 0 Å². The standard InChI is InChI=1S/C10H18O3.C2H4O2/c1-10(2)5-3-4-8(6-10)13-9(12)7-11;1-2(3)4/h8,11H,3-7H2,1-2H3;1H3,(H,3,4). The van der Waals surface area contributed by atoms with Gasteiger partial charge in [-0.1, -0.05) is 13.8 Å². The number of carbonyl (C=O) groups excluding carboxylic acids is 1. The number of esters is 1. The molecule has 0 saturated heterocycles. The maximum absolute atomic E-state index is 10.8. The SMILES string of the molecule is CC(=O)O.CC1(C)CCCC(OC(=O)CO)C1. The molecule has 1 aliphatic carbocycles. The van der Waals surface area contributed by atoms with E-state index in [2.05, 4.69) is 13.8 Å². The molecule has 1 atom stereocenters. The van der Waals surface area contributed by atoms with Crippen molar-refractivity contribution in [2.75, 3.05) is 6.61 Å². The second-order valence-corrected chi connectivity index (χ2v) is 5.05. The van der Waals surface area contributed by atoms with Crippen LogP contribution in [0.5, 0.6) is 0 Å². The normalized spacial score (nSPS) is 22.0. The average molecular weight is 246 g/mol. The van der Waals surface area contributed by atoms with Crippen LogP contribution in [0.1, 0.15) is 46.5 Å². The zero-order chi connectivity index (χ0) is 13.5. The van der Waals surface area contributed by atoms with Crippen LogP contribution in [0, 0.1) is 5.41 Å². The summed E-state index contributed by atoms with van der Waals surface area (Å²) in [5.41, 5.74) is 0.276. The summed E-state index contributed by atoms with van der Waals surface area (Å²) in [7, 11) is 0. The van der Waals surface area contributed by atoms with Crippen LogP contribution in [0.2, 0.25) is 0 Å². The predicted molar refractivity (Wildman–Crippen MR) is 62.5 cm³/mol. The van der Waals surface area contributed by atoms with Gasteiger partial charge in [-0.2, -0.15) is 0 Å².